The van der Waals surface area contributed by atoms with Crippen molar-refractivity contribution in [3.63, 3.8) is 0 Å². The predicted octanol–water partition coefficient (Wildman–Crippen LogP) is 1.55. The molecule has 6 N–H and O–H groups in total. The molecule has 0 saturated heterocycles. The van der Waals surface area contributed by atoms with Gasteiger partial charge in [0.05, 0.1) is 11.1 Å². The second kappa shape index (κ2) is 8.78. The third-order valence-electron chi connectivity index (χ3n) is 2.74. The Morgan fingerprint density at radius 1 is 1.16 bits per heavy atom. The molecule has 2 rings (SSSR count). The summed E-state index contributed by atoms with van der Waals surface area (Å²) in [6, 6.07) is 12.2. The summed E-state index contributed by atoms with van der Waals surface area (Å²) in [5.41, 5.74) is 6.56. The number of benzene rings is 2. The van der Waals surface area contributed by atoms with Crippen LogP contribution in [0.1, 0.15) is 11.1 Å². The smallest absolute Gasteiger partial charge is 0.294 e. The van der Waals surface area contributed by atoms with Gasteiger partial charge in [-0.05, 0) is 48.9 Å². The van der Waals surface area contributed by atoms with Crippen LogP contribution in [0, 0.1) is 12.3 Å². The number of aromatic hydroxyl groups is 1. The summed E-state index contributed by atoms with van der Waals surface area (Å²) >= 11 is 0. The van der Waals surface area contributed by atoms with Crippen LogP contribution < -0.4 is 5.73 Å². The van der Waals surface area contributed by atoms with E-state index < -0.39 is 16.1 Å². The Morgan fingerprint density at radius 3 is 2.12 bits per heavy atom. The number of hydroxylamine groups is 1. The number of aryl methyl sites for hydroxylation is 1. The number of hydrazone groups is 1. The molecule has 9 nitrogen and oxygen atoms in total. The lowest BCUT2D eigenvalue weighted by Crippen LogP contribution is -2.28. The molecule has 0 fully saturated rings. The number of nitrogens with zero attached hydrogens (tertiary/aromatic N) is 2. The molecule has 0 aliphatic carbocycles. The zero-order valence-corrected chi connectivity index (χ0v) is 14.1. The van der Waals surface area contributed by atoms with Gasteiger partial charge in [-0.2, -0.15) is 13.5 Å². The number of phenolic OH excluding ortho intramolecular Hbond substituents is 1. The first-order chi connectivity index (χ1) is 11.6. The second-order valence-corrected chi connectivity index (χ2v) is 6.22. The van der Waals surface area contributed by atoms with Crippen LogP contribution >= 0.6 is 0 Å². The molecular formula is C15H18N4O5S. The van der Waals surface area contributed by atoms with Crippen molar-refractivity contribution in [3.8, 4) is 5.75 Å². The van der Waals surface area contributed by atoms with E-state index in [2.05, 4.69) is 5.10 Å². The molecule has 10 heteroatoms. The highest BCUT2D eigenvalue weighted by Crippen LogP contribution is 2.09. The monoisotopic (exact) mass is 366 g/mol. The van der Waals surface area contributed by atoms with E-state index in [1.807, 2.05) is 6.92 Å². The van der Waals surface area contributed by atoms with Gasteiger partial charge in [0.2, 0.25) is 5.96 Å². The van der Waals surface area contributed by atoms with Crippen LogP contribution in [0.15, 0.2) is 58.5 Å². The van der Waals surface area contributed by atoms with Crippen LogP contribution in [0.3, 0.4) is 0 Å². The average molecular weight is 366 g/mol. The molecule has 0 radical (unpaired) electrons. The van der Waals surface area contributed by atoms with Gasteiger partial charge in [0.1, 0.15) is 5.75 Å². The molecular weight excluding hydrogens is 348 g/mol. The summed E-state index contributed by atoms with van der Waals surface area (Å²) in [6.45, 7) is 1.84. The fourth-order valence-corrected chi connectivity index (χ4v) is 1.93. The van der Waals surface area contributed by atoms with E-state index in [1.54, 1.807) is 24.3 Å². The van der Waals surface area contributed by atoms with E-state index in [9.17, 15) is 8.42 Å². The molecule has 0 atom stereocenters. The minimum Gasteiger partial charge on any atom is -0.508 e. The molecule has 0 heterocycles. The van der Waals surface area contributed by atoms with E-state index >= 15 is 0 Å². The van der Waals surface area contributed by atoms with Crippen molar-refractivity contribution in [3.05, 3.63) is 59.7 Å². The van der Waals surface area contributed by atoms with Gasteiger partial charge < -0.3 is 10.8 Å². The van der Waals surface area contributed by atoms with Gasteiger partial charge in [-0.1, -0.05) is 17.7 Å². The number of hydrogen-bond donors (Lipinski definition) is 5. The largest absolute Gasteiger partial charge is 0.508 e. The molecule has 0 aromatic heterocycles. The highest BCUT2D eigenvalue weighted by molar-refractivity contribution is 7.85. The van der Waals surface area contributed by atoms with E-state index in [0.717, 1.165) is 5.56 Å². The number of hydrogen-bond acceptors (Lipinski definition) is 6. The lowest BCUT2D eigenvalue weighted by Gasteiger charge is -2.05. The Morgan fingerprint density at radius 2 is 1.68 bits per heavy atom. The maximum absolute atomic E-state index is 10.5. The maximum Gasteiger partial charge on any atom is 0.294 e. The number of phenols is 1. The van der Waals surface area contributed by atoms with Crippen molar-refractivity contribution in [2.24, 2.45) is 10.8 Å². The van der Waals surface area contributed by atoms with Gasteiger partial charge in [-0.15, -0.1) is 5.17 Å². The summed E-state index contributed by atoms with van der Waals surface area (Å²) in [4.78, 5) is -0.0666. The second-order valence-electron chi connectivity index (χ2n) is 4.80. The van der Waals surface area contributed by atoms with Gasteiger partial charge in [-0.25, -0.2) is 0 Å². The van der Waals surface area contributed by atoms with Crippen molar-refractivity contribution < 1.29 is 23.3 Å². The van der Waals surface area contributed by atoms with Gasteiger partial charge in [0, 0.05) is 0 Å². The molecule has 25 heavy (non-hydrogen) atoms. The summed E-state index contributed by atoms with van der Waals surface area (Å²) in [5.74, 6) is -0.422. The fourth-order valence-electron chi connectivity index (χ4n) is 1.45. The van der Waals surface area contributed by atoms with Crippen molar-refractivity contribution in [2.45, 2.75) is 11.8 Å². The van der Waals surface area contributed by atoms with Crippen LogP contribution in [0.5, 0.6) is 5.75 Å². The zero-order chi connectivity index (χ0) is 19.0. The minimum absolute atomic E-state index is 0.0666. The predicted molar refractivity (Wildman–Crippen MR) is 92.2 cm³/mol. The summed E-state index contributed by atoms with van der Waals surface area (Å²) < 4.78 is 29.6. The van der Waals surface area contributed by atoms with Crippen LogP contribution in [0.4, 0.5) is 0 Å². The first kappa shape index (κ1) is 20.1. The average Bonchev–Trinajstić information content (AvgIpc) is 2.54. The molecule has 2 aromatic carbocycles. The van der Waals surface area contributed by atoms with Gasteiger partial charge in [-0.3, -0.25) is 15.2 Å². The summed E-state index contributed by atoms with van der Waals surface area (Å²) in [6.07, 6.45) is 1.31. The number of rotatable bonds is 3. The highest BCUT2D eigenvalue weighted by Gasteiger charge is 2.06. The van der Waals surface area contributed by atoms with Crippen LogP contribution in [-0.4, -0.2) is 40.6 Å². The van der Waals surface area contributed by atoms with Crippen LogP contribution in [-0.2, 0) is 10.1 Å². The zero-order valence-electron chi connectivity index (χ0n) is 13.2. The molecule has 2 aromatic rings. The Balaban J connectivity index is 0.000000257. The van der Waals surface area contributed by atoms with Gasteiger partial charge in [0.25, 0.3) is 10.1 Å². The van der Waals surface area contributed by atoms with Gasteiger partial charge in [0.15, 0.2) is 0 Å². The number of guanidine groups is 1. The molecule has 0 bridgehead atoms. The lowest BCUT2D eigenvalue weighted by molar-refractivity contribution is -0.0139. The number of nitrogens with two attached hydrogens (primary N) is 1. The maximum atomic E-state index is 10.5. The van der Waals surface area contributed by atoms with E-state index in [0.29, 0.717) is 5.56 Å². The molecule has 0 saturated carbocycles. The Hall–Kier alpha value is -2.95. The lowest BCUT2D eigenvalue weighted by atomic mass is 10.2. The number of nitrogens with one attached hydrogen (secondary N) is 1. The first-order valence-electron chi connectivity index (χ1n) is 6.80. The summed E-state index contributed by atoms with van der Waals surface area (Å²) in [5, 5.41) is 28.3. The SMILES string of the molecule is Cc1ccc(S(=O)(=O)O)cc1.N=C(N)N(O)/N=C/c1ccc(O)cc1. The van der Waals surface area contributed by atoms with Crippen molar-refractivity contribution in [1.82, 2.24) is 5.17 Å². The minimum atomic E-state index is -4.02. The molecule has 0 unspecified atom stereocenters. The molecule has 0 aliphatic rings. The first-order valence-corrected chi connectivity index (χ1v) is 8.24. The van der Waals surface area contributed by atoms with Crippen molar-refractivity contribution in [2.75, 3.05) is 0 Å². The molecule has 0 amide bonds. The Labute approximate surface area is 144 Å². The third kappa shape index (κ3) is 7.44. The normalized spacial score (nSPS) is 10.8. The quantitative estimate of drug-likeness (QED) is 0.238. The molecule has 0 aliphatic heterocycles. The molecule has 0 spiro atoms. The van der Waals surface area contributed by atoms with Crippen molar-refractivity contribution in [1.29, 1.82) is 5.41 Å². The standard InChI is InChI=1S/C8H10N4O2.C7H8O3S/c9-8(10)12(14)11-5-6-1-3-7(13)4-2-6;1-6-2-4-7(5-3-6)11(8,9)10/h1-5,13-14H,(H3,9,10);2-5H,1H3,(H,8,9,10)/b11-5+;. The Bertz CT molecular complexity index is 833. The molecule has 134 valence electrons. The van der Waals surface area contributed by atoms with E-state index in [4.69, 9.17) is 26.0 Å². The fraction of sp³-hybridized carbons (Fsp3) is 0.0667. The van der Waals surface area contributed by atoms with E-state index in [1.165, 1.54) is 30.5 Å². The third-order valence-corrected chi connectivity index (χ3v) is 3.61. The Kier molecular flexibility index (Phi) is 7.06. The van der Waals surface area contributed by atoms with E-state index in [-0.39, 0.29) is 15.8 Å². The topological polar surface area (TPSA) is 160 Å². The van der Waals surface area contributed by atoms with Crippen molar-refractivity contribution >= 4 is 22.3 Å². The van der Waals surface area contributed by atoms with Gasteiger partial charge >= 0.3 is 0 Å². The summed E-state index contributed by atoms with van der Waals surface area (Å²) in [7, 11) is -4.02. The highest BCUT2D eigenvalue weighted by atomic mass is 32.2. The van der Waals surface area contributed by atoms with Crippen LogP contribution in [0.2, 0.25) is 0 Å². The van der Waals surface area contributed by atoms with Crippen LogP contribution in [0.25, 0.3) is 0 Å².